The number of amides is 1. The van der Waals surface area contributed by atoms with Crippen LogP contribution in [0.15, 0.2) is 42.7 Å². The van der Waals surface area contributed by atoms with E-state index in [1.165, 1.54) is 0 Å². The van der Waals surface area contributed by atoms with Crippen molar-refractivity contribution in [3.05, 3.63) is 48.3 Å². The largest absolute Gasteiger partial charge is 0.440 e. The molecule has 0 aliphatic rings. The molecule has 0 aliphatic carbocycles. The molecule has 1 aromatic carbocycles. The maximum atomic E-state index is 12.1. The fraction of sp³-hybridized carbons (Fsp3) is 0.188. The highest BCUT2D eigenvalue weighted by atomic mass is 19.4. The SMILES string of the molecule is Cc1ccc(NC(=O)OCC(F)(F)F)cc1-c1ncc2cccn2n1. The number of ether oxygens (including phenoxy) is 1. The monoisotopic (exact) mass is 350 g/mol. The van der Waals surface area contributed by atoms with Gasteiger partial charge in [0.1, 0.15) is 0 Å². The Bertz CT molecular complexity index is 921. The predicted octanol–water partition coefficient (Wildman–Crippen LogP) is 3.82. The first kappa shape index (κ1) is 16.7. The summed E-state index contributed by atoms with van der Waals surface area (Å²) in [7, 11) is 0. The molecule has 0 atom stereocenters. The number of alkyl halides is 3. The summed E-state index contributed by atoms with van der Waals surface area (Å²) in [6.45, 7) is 0.190. The molecule has 0 saturated carbocycles. The van der Waals surface area contributed by atoms with Crippen molar-refractivity contribution in [1.82, 2.24) is 14.6 Å². The van der Waals surface area contributed by atoms with Crippen LogP contribution in [0, 0.1) is 6.92 Å². The second-order valence-corrected chi connectivity index (χ2v) is 5.31. The lowest BCUT2D eigenvalue weighted by atomic mass is 10.1. The molecule has 1 amide bonds. The molecule has 3 aromatic rings. The van der Waals surface area contributed by atoms with Crippen molar-refractivity contribution >= 4 is 17.3 Å². The summed E-state index contributed by atoms with van der Waals surface area (Å²) >= 11 is 0. The summed E-state index contributed by atoms with van der Waals surface area (Å²) in [5.41, 5.74) is 2.60. The van der Waals surface area contributed by atoms with Gasteiger partial charge in [0, 0.05) is 17.4 Å². The van der Waals surface area contributed by atoms with Gasteiger partial charge in [-0.05, 0) is 36.8 Å². The number of carbonyl (C=O) groups is 1. The molecule has 0 unspecified atom stereocenters. The summed E-state index contributed by atoms with van der Waals surface area (Å²) in [4.78, 5) is 15.7. The lowest BCUT2D eigenvalue weighted by molar-refractivity contribution is -0.159. The van der Waals surface area contributed by atoms with Crippen LogP contribution in [0.4, 0.5) is 23.7 Å². The Morgan fingerprint density at radius 2 is 2.12 bits per heavy atom. The van der Waals surface area contributed by atoms with Gasteiger partial charge >= 0.3 is 12.3 Å². The van der Waals surface area contributed by atoms with Crippen molar-refractivity contribution in [3.63, 3.8) is 0 Å². The molecular formula is C16H13F3N4O2. The van der Waals surface area contributed by atoms with Gasteiger partial charge in [0.25, 0.3) is 0 Å². The zero-order valence-corrected chi connectivity index (χ0v) is 13.0. The minimum Gasteiger partial charge on any atom is -0.440 e. The number of aryl methyl sites for hydroxylation is 1. The molecule has 0 saturated heterocycles. The van der Waals surface area contributed by atoms with Crippen molar-refractivity contribution in [2.24, 2.45) is 0 Å². The van der Waals surface area contributed by atoms with Gasteiger partial charge in [0.15, 0.2) is 12.4 Å². The number of hydrogen-bond acceptors (Lipinski definition) is 4. The van der Waals surface area contributed by atoms with Crippen LogP contribution in [0.3, 0.4) is 0 Å². The Morgan fingerprint density at radius 1 is 1.32 bits per heavy atom. The fourth-order valence-corrected chi connectivity index (χ4v) is 2.20. The van der Waals surface area contributed by atoms with Crippen LogP contribution in [0.5, 0.6) is 0 Å². The predicted molar refractivity (Wildman–Crippen MR) is 84.2 cm³/mol. The number of nitrogens with zero attached hydrogens (tertiary/aromatic N) is 3. The van der Waals surface area contributed by atoms with Crippen LogP contribution in [0.25, 0.3) is 16.9 Å². The van der Waals surface area contributed by atoms with Crippen LogP contribution in [-0.2, 0) is 4.74 Å². The maximum absolute atomic E-state index is 12.1. The molecule has 0 bridgehead atoms. The highest BCUT2D eigenvalue weighted by molar-refractivity contribution is 5.86. The summed E-state index contributed by atoms with van der Waals surface area (Å²) in [6.07, 6.45) is -2.34. The van der Waals surface area contributed by atoms with E-state index in [0.29, 0.717) is 11.4 Å². The smallest absolute Gasteiger partial charge is 0.422 e. The number of fused-ring (bicyclic) bond motifs is 1. The average molecular weight is 350 g/mol. The molecule has 2 aromatic heterocycles. The lowest BCUT2D eigenvalue weighted by Gasteiger charge is -2.11. The molecule has 0 aliphatic heterocycles. The fourth-order valence-electron chi connectivity index (χ4n) is 2.20. The molecule has 25 heavy (non-hydrogen) atoms. The van der Waals surface area contributed by atoms with Gasteiger partial charge < -0.3 is 4.74 Å². The molecule has 0 fully saturated rings. The summed E-state index contributed by atoms with van der Waals surface area (Å²) < 4.78 is 42.0. The van der Waals surface area contributed by atoms with Crippen LogP contribution in [-0.4, -0.2) is 33.5 Å². The van der Waals surface area contributed by atoms with E-state index in [1.54, 1.807) is 35.1 Å². The Labute approximate surface area is 140 Å². The van der Waals surface area contributed by atoms with Crippen LogP contribution in [0.1, 0.15) is 5.56 Å². The Morgan fingerprint density at radius 3 is 2.88 bits per heavy atom. The third kappa shape index (κ3) is 4.06. The standard InChI is InChI=1S/C16H13F3N4O2/c1-10-4-5-11(21-15(24)25-9-16(17,18)19)7-13(10)14-20-8-12-3-2-6-23(12)22-14/h2-8H,9H2,1H3,(H,21,24). The van der Waals surface area contributed by atoms with E-state index in [2.05, 4.69) is 20.1 Å². The highest BCUT2D eigenvalue weighted by Crippen LogP contribution is 2.24. The van der Waals surface area contributed by atoms with E-state index in [4.69, 9.17) is 0 Å². The van der Waals surface area contributed by atoms with E-state index in [0.717, 1.165) is 11.1 Å². The summed E-state index contributed by atoms with van der Waals surface area (Å²) in [5.74, 6) is 0.425. The highest BCUT2D eigenvalue weighted by Gasteiger charge is 2.29. The first-order valence-electron chi connectivity index (χ1n) is 7.24. The van der Waals surface area contributed by atoms with E-state index in [9.17, 15) is 18.0 Å². The van der Waals surface area contributed by atoms with Crippen LogP contribution < -0.4 is 5.32 Å². The number of carbonyl (C=O) groups excluding carboxylic acids is 1. The van der Waals surface area contributed by atoms with E-state index in [-0.39, 0.29) is 5.69 Å². The number of rotatable bonds is 3. The number of benzene rings is 1. The molecule has 0 radical (unpaired) electrons. The van der Waals surface area contributed by atoms with Gasteiger partial charge in [-0.25, -0.2) is 14.3 Å². The molecule has 6 nitrogen and oxygen atoms in total. The van der Waals surface area contributed by atoms with Crippen molar-refractivity contribution in [3.8, 4) is 11.4 Å². The summed E-state index contributed by atoms with van der Waals surface area (Å²) in [5, 5.41) is 6.63. The Hall–Kier alpha value is -3.10. The summed E-state index contributed by atoms with van der Waals surface area (Å²) in [6, 6.07) is 8.52. The molecule has 9 heteroatoms. The third-order valence-electron chi connectivity index (χ3n) is 3.37. The Balaban J connectivity index is 1.81. The van der Waals surface area contributed by atoms with E-state index < -0.39 is 18.9 Å². The van der Waals surface area contributed by atoms with Crippen molar-refractivity contribution in [2.75, 3.05) is 11.9 Å². The number of aromatic nitrogens is 3. The molecule has 0 spiro atoms. The van der Waals surface area contributed by atoms with Gasteiger partial charge in [-0.3, -0.25) is 5.32 Å². The lowest BCUT2D eigenvalue weighted by Crippen LogP contribution is -2.23. The zero-order valence-electron chi connectivity index (χ0n) is 13.0. The number of anilines is 1. The number of hydrogen-bond donors (Lipinski definition) is 1. The van der Waals surface area contributed by atoms with Crippen molar-refractivity contribution in [2.45, 2.75) is 13.1 Å². The second kappa shape index (κ2) is 6.42. The first-order valence-corrected chi connectivity index (χ1v) is 7.24. The van der Waals surface area contributed by atoms with Crippen LogP contribution >= 0.6 is 0 Å². The van der Waals surface area contributed by atoms with Crippen molar-refractivity contribution < 1.29 is 22.7 Å². The van der Waals surface area contributed by atoms with Gasteiger partial charge in [-0.2, -0.15) is 13.2 Å². The molecular weight excluding hydrogens is 337 g/mol. The first-order chi connectivity index (χ1) is 11.8. The third-order valence-corrected chi connectivity index (χ3v) is 3.37. The molecule has 2 heterocycles. The van der Waals surface area contributed by atoms with Gasteiger partial charge in [0.05, 0.1) is 11.7 Å². The van der Waals surface area contributed by atoms with Gasteiger partial charge in [-0.1, -0.05) is 6.07 Å². The minimum atomic E-state index is -4.57. The average Bonchev–Trinajstić information content (AvgIpc) is 3.01. The zero-order chi connectivity index (χ0) is 18.0. The molecule has 3 rings (SSSR count). The topological polar surface area (TPSA) is 68.5 Å². The van der Waals surface area contributed by atoms with Gasteiger partial charge in [-0.15, -0.1) is 5.10 Å². The van der Waals surface area contributed by atoms with Gasteiger partial charge in [0.2, 0.25) is 0 Å². The second-order valence-electron chi connectivity index (χ2n) is 5.31. The van der Waals surface area contributed by atoms with E-state index >= 15 is 0 Å². The molecule has 1 N–H and O–H groups in total. The van der Waals surface area contributed by atoms with Crippen molar-refractivity contribution in [1.29, 1.82) is 0 Å². The van der Waals surface area contributed by atoms with Crippen LogP contribution in [0.2, 0.25) is 0 Å². The number of nitrogens with one attached hydrogen (secondary N) is 1. The Kier molecular flexibility index (Phi) is 4.30. The molecule has 130 valence electrons. The quantitative estimate of drug-likeness (QED) is 0.780. The van der Waals surface area contributed by atoms with E-state index in [1.807, 2.05) is 19.1 Å². The normalized spacial score (nSPS) is 11.5. The number of halogens is 3. The maximum Gasteiger partial charge on any atom is 0.422 e. The minimum absolute atomic E-state index is 0.281.